The Morgan fingerprint density at radius 2 is 1.93 bits per heavy atom. The molecule has 148 valence electrons. The van der Waals surface area contributed by atoms with Crippen molar-refractivity contribution in [2.45, 2.75) is 19.3 Å². The third-order valence-corrected chi connectivity index (χ3v) is 5.68. The number of rotatable bonds is 6. The van der Waals surface area contributed by atoms with E-state index in [-0.39, 0.29) is 6.03 Å². The van der Waals surface area contributed by atoms with Gasteiger partial charge in [-0.25, -0.2) is 4.79 Å². The van der Waals surface area contributed by atoms with Gasteiger partial charge in [0.15, 0.2) is 0 Å². The van der Waals surface area contributed by atoms with Crippen LogP contribution >= 0.6 is 0 Å². The zero-order valence-electron chi connectivity index (χ0n) is 16.6. The molecule has 0 radical (unpaired) electrons. The number of nitrogens with one attached hydrogen (secondary N) is 1. The summed E-state index contributed by atoms with van der Waals surface area (Å²) in [6, 6.07) is 10.5. The van der Waals surface area contributed by atoms with Gasteiger partial charge >= 0.3 is 6.03 Å². The topological polar surface area (TPSA) is 38.8 Å². The first-order valence-corrected chi connectivity index (χ1v) is 10.4. The molecule has 0 spiro atoms. The number of urea groups is 1. The van der Waals surface area contributed by atoms with Crippen molar-refractivity contribution in [3.8, 4) is 0 Å². The monoisotopic (exact) mass is 370 g/mol. The van der Waals surface area contributed by atoms with Gasteiger partial charge in [0.05, 0.1) is 0 Å². The van der Waals surface area contributed by atoms with Crippen LogP contribution in [-0.2, 0) is 0 Å². The summed E-state index contributed by atoms with van der Waals surface area (Å²) in [6.45, 7) is 7.66. The third kappa shape index (κ3) is 6.67. The van der Waals surface area contributed by atoms with Crippen LogP contribution in [0.5, 0.6) is 0 Å². The van der Waals surface area contributed by atoms with Gasteiger partial charge in [0.25, 0.3) is 0 Å². The van der Waals surface area contributed by atoms with Crippen molar-refractivity contribution < 1.29 is 4.79 Å². The molecule has 2 fully saturated rings. The summed E-state index contributed by atoms with van der Waals surface area (Å²) in [7, 11) is 2.19. The second-order valence-electron chi connectivity index (χ2n) is 7.89. The van der Waals surface area contributed by atoms with Gasteiger partial charge in [-0.1, -0.05) is 42.5 Å². The number of hydrogen-bond donors (Lipinski definition) is 1. The highest BCUT2D eigenvalue weighted by Crippen LogP contribution is 2.17. The Balaban J connectivity index is 1.30. The third-order valence-electron chi connectivity index (χ3n) is 5.68. The number of piperidine rings is 1. The van der Waals surface area contributed by atoms with Crippen LogP contribution in [0.25, 0.3) is 6.08 Å². The average Bonchev–Trinajstić information content (AvgIpc) is 2.69. The number of likely N-dealkylation sites (tertiary alicyclic amines) is 1. The minimum Gasteiger partial charge on any atom is -0.338 e. The van der Waals surface area contributed by atoms with Crippen molar-refractivity contribution in [2.75, 3.05) is 59.4 Å². The zero-order chi connectivity index (χ0) is 18.9. The molecule has 1 atom stereocenters. The fraction of sp³-hybridized carbons (Fsp3) is 0.591. The Kier molecular flexibility index (Phi) is 7.72. The molecular formula is C22H34N4O. The van der Waals surface area contributed by atoms with Crippen molar-refractivity contribution in [1.82, 2.24) is 20.0 Å². The molecule has 5 nitrogen and oxygen atoms in total. The number of piperazine rings is 1. The largest absolute Gasteiger partial charge is 0.338 e. The molecule has 2 aliphatic heterocycles. The standard InChI is InChI=1S/C22H34N4O/c1-24-13-5-10-21(19-24)11-12-23-22(27)26-17-15-25(16-18-26)14-6-9-20-7-3-2-4-8-20/h2-4,6-9,21H,5,10-19H2,1H3,(H,23,27)/b9-6+/t21-/m1/s1. The summed E-state index contributed by atoms with van der Waals surface area (Å²) in [5.74, 6) is 0.734. The lowest BCUT2D eigenvalue weighted by Gasteiger charge is -2.34. The maximum absolute atomic E-state index is 12.4. The van der Waals surface area contributed by atoms with Crippen LogP contribution in [0.3, 0.4) is 0 Å². The van der Waals surface area contributed by atoms with Crippen molar-refractivity contribution in [2.24, 2.45) is 5.92 Å². The smallest absolute Gasteiger partial charge is 0.317 e. The van der Waals surface area contributed by atoms with Crippen molar-refractivity contribution in [1.29, 1.82) is 0 Å². The summed E-state index contributed by atoms with van der Waals surface area (Å²) in [5, 5.41) is 3.13. The number of nitrogens with zero attached hydrogens (tertiary/aromatic N) is 3. The molecule has 1 aromatic carbocycles. The molecule has 3 rings (SSSR count). The van der Waals surface area contributed by atoms with Crippen LogP contribution < -0.4 is 5.32 Å². The van der Waals surface area contributed by atoms with E-state index in [4.69, 9.17) is 0 Å². The molecule has 0 unspecified atom stereocenters. The molecule has 1 aromatic rings. The minimum absolute atomic E-state index is 0.110. The van der Waals surface area contributed by atoms with Crippen LogP contribution in [0.1, 0.15) is 24.8 Å². The number of benzene rings is 1. The van der Waals surface area contributed by atoms with Crippen LogP contribution in [0, 0.1) is 5.92 Å². The lowest BCUT2D eigenvalue weighted by Crippen LogP contribution is -2.52. The maximum atomic E-state index is 12.4. The molecule has 5 heteroatoms. The number of carbonyl (C=O) groups excluding carboxylic acids is 1. The molecule has 1 N–H and O–H groups in total. The molecule has 27 heavy (non-hydrogen) atoms. The lowest BCUT2D eigenvalue weighted by molar-refractivity contribution is 0.145. The van der Waals surface area contributed by atoms with Crippen LogP contribution in [0.4, 0.5) is 4.79 Å². The Labute approximate surface area is 164 Å². The highest BCUT2D eigenvalue weighted by Gasteiger charge is 2.21. The van der Waals surface area contributed by atoms with E-state index < -0.39 is 0 Å². The second-order valence-corrected chi connectivity index (χ2v) is 7.89. The van der Waals surface area contributed by atoms with E-state index in [0.717, 1.165) is 51.6 Å². The number of hydrogen-bond acceptors (Lipinski definition) is 3. The van der Waals surface area contributed by atoms with Crippen LogP contribution in [0.15, 0.2) is 36.4 Å². The molecule has 0 aliphatic carbocycles. The van der Waals surface area contributed by atoms with Gasteiger partial charge in [0.2, 0.25) is 0 Å². The molecule has 2 amide bonds. The van der Waals surface area contributed by atoms with Crippen LogP contribution in [-0.4, -0.2) is 80.1 Å². The highest BCUT2D eigenvalue weighted by molar-refractivity contribution is 5.74. The second kappa shape index (κ2) is 10.5. The van der Waals surface area contributed by atoms with Crippen molar-refractivity contribution in [3.63, 3.8) is 0 Å². The first-order chi connectivity index (χ1) is 13.2. The summed E-state index contributed by atoms with van der Waals surface area (Å²) in [5.41, 5.74) is 1.24. The number of carbonyl (C=O) groups is 1. The molecule has 0 saturated carbocycles. The first-order valence-electron chi connectivity index (χ1n) is 10.4. The summed E-state index contributed by atoms with van der Waals surface area (Å²) in [4.78, 5) is 19.2. The lowest BCUT2D eigenvalue weighted by atomic mass is 9.95. The summed E-state index contributed by atoms with van der Waals surface area (Å²) < 4.78 is 0. The normalized spacial score (nSPS) is 22.3. The van der Waals surface area contributed by atoms with Crippen molar-refractivity contribution >= 4 is 12.1 Å². The predicted molar refractivity (Wildman–Crippen MR) is 112 cm³/mol. The molecule has 2 saturated heterocycles. The van der Waals surface area contributed by atoms with Gasteiger partial charge in [-0.2, -0.15) is 0 Å². The fourth-order valence-corrected chi connectivity index (χ4v) is 4.04. The van der Waals surface area contributed by atoms with E-state index in [1.54, 1.807) is 0 Å². The van der Waals surface area contributed by atoms with E-state index >= 15 is 0 Å². The predicted octanol–water partition coefficient (Wildman–Crippen LogP) is 2.76. The molecule has 2 heterocycles. The average molecular weight is 371 g/mol. The van der Waals surface area contributed by atoms with Crippen LogP contribution in [0.2, 0.25) is 0 Å². The quantitative estimate of drug-likeness (QED) is 0.837. The SMILES string of the molecule is CN1CCC[C@H](CCNC(=O)N2CCN(C/C=C/c3ccccc3)CC2)C1. The van der Waals surface area contributed by atoms with Crippen molar-refractivity contribution in [3.05, 3.63) is 42.0 Å². The van der Waals surface area contributed by atoms with Gasteiger partial charge in [-0.15, -0.1) is 0 Å². The minimum atomic E-state index is 0.110. The molecule has 0 aromatic heterocycles. The van der Waals surface area contributed by atoms with E-state index in [2.05, 4.69) is 58.6 Å². The molecule has 2 aliphatic rings. The Hall–Kier alpha value is -1.85. The maximum Gasteiger partial charge on any atom is 0.317 e. The Bertz CT molecular complexity index is 596. The van der Waals surface area contributed by atoms with Gasteiger partial charge in [0.1, 0.15) is 0 Å². The number of amides is 2. The summed E-state index contributed by atoms with van der Waals surface area (Å²) >= 11 is 0. The Morgan fingerprint density at radius 3 is 2.67 bits per heavy atom. The molecule has 0 bridgehead atoms. The van der Waals surface area contributed by atoms with Gasteiger partial charge in [0, 0.05) is 45.8 Å². The fourth-order valence-electron chi connectivity index (χ4n) is 4.04. The zero-order valence-corrected chi connectivity index (χ0v) is 16.6. The first kappa shape index (κ1) is 19.9. The van der Waals surface area contributed by atoms with E-state index in [1.807, 2.05) is 11.0 Å². The molecular weight excluding hydrogens is 336 g/mol. The van der Waals surface area contributed by atoms with Gasteiger partial charge in [-0.3, -0.25) is 4.90 Å². The van der Waals surface area contributed by atoms with E-state index in [1.165, 1.54) is 31.5 Å². The van der Waals surface area contributed by atoms with Gasteiger partial charge in [-0.05, 0) is 44.3 Å². The van der Waals surface area contributed by atoms with Gasteiger partial charge < -0.3 is 15.1 Å². The summed E-state index contributed by atoms with van der Waals surface area (Å²) in [6.07, 6.45) is 8.07. The Morgan fingerprint density at radius 1 is 1.15 bits per heavy atom. The highest BCUT2D eigenvalue weighted by atomic mass is 16.2. The van der Waals surface area contributed by atoms with E-state index in [9.17, 15) is 4.79 Å². The van der Waals surface area contributed by atoms with E-state index in [0.29, 0.717) is 0 Å².